The van der Waals surface area contributed by atoms with Gasteiger partial charge in [-0.3, -0.25) is 0 Å². The fourth-order valence-corrected chi connectivity index (χ4v) is 2.12. The maximum absolute atomic E-state index is 13.0. The first-order valence-electron chi connectivity index (χ1n) is 4.83. The summed E-state index contributed by atoms with van der Waals surface area (Å²) in [5.74, 6) is 0. The Hall–Kier alpha value is -0.970. The van der Waals surface area contributed by atoms with Crippen LogP contribution in [-0.2, 0) is 11.2 Å². The normalized spacial score (nSPS) is 24.4. The Labute approximate surface area is 100 Å². The van der Waals surface area contributed by atoms with Crippen LogP contribution in [0.4, 0.5) is 8.78 Å². The van der Waals surface area contributed by atoms with E-state index in [0.29, 0.717) is 0 Å². The summed E-state index contributed by atoms with van der Waals surface area (Å²) in [7, 11) is 0. The molecule has 5 heteroatoms. The summed E-state index contributed by atoms with van der Waals surface area (Å²) in [4.78, 5) is 4.03. The topological polar surface area (TPSA) is 21.6 Å². The van der Waals surface area contributed by atoms with Gasteiger partial charge in [0, 0.05) is 22.4 Å². The van der Waals surface area contributed by atoms with E-state index in [0.717, 1.165) is 5.56 Å². The van der Waals surface area contributed by atoms with E-state index in [-0.39, 0.29) is 17.8 Å². The summed E-state index contributed by atoms with van der Waals surface area (Å²) < 4.78 is 31.1. The molecule has 1 aliphatic rings. The van der Waals surface area contributed by atoms with Crippen LogP contribution < -0.4 is 0 Å². The van der Waals surface area contributed by atoms with Gasteiger partial charge in [0.2, 0.25) is 0 Å². The molecule has 0 radical (unpaired) electrons. The summed E-state index contributed by atoms with van der Waals surface area (Å²) in [5.41, 5.74) is -0.613. The van der Waals surface area contributed by atoms with Crippen molar-refractivity contribution in [3.63, 3.8) is 0 Å². The number of benzene rings is 1. The van der Waals surface area contributed by atoms with E-state index < -0.39 is 12.0 Å². The molecule has 0 saturated heterocycles. The van der Waals surface area contributed by atoms with E-state index in [1.165, 1.54) is 0 Å². The number of alkyl halides is 2. The van der Waals surface area contributed by atoms with Crippen molar-refractivity contribution in [1.82, 2.24) is 0 Å². The Kier molecular flexibility index (Phi) is 3.23. The number of hydrogen-bond acceptors (Lipinski definition) is 2. The Morgan fingerprint density at radius 1 is 1.38 bits per heavy atom. The van der Waals surface area contributed by atoms with E-state index in [2.05, 4.69) is 20.9 Å². The van der Waals surface area contributed by atoms with Gasteiger partial charge in [0.25, 0.3) is 11.2 Å². The molecule has 1 aromatic rings. The number of halogens is 3. The summed E-state index contributed by atoms with van der Waals surface area (Å²) >= 11 is 2.99. The van der Waals surface area contributed by atoms with E-state index in [4.69, 9.17) is 4.74 Å². The van der Waals surface area contributed by atoms with Crippen molar-refractivity contribution >= 4 is 20.7 Å². The molecule has 2 nitrogen and oxygen atoms in total. The van der Waals surface area contributed by atoms with Crippen molar-refractivity contribution in [3.05, 3.63) is 35.9 Å². The fraction of sp³-hybridized carbons (Fsp3) is 0.364. The largest absolute Gasteiger partial charge is 0.470 e. The highest BCUT2D eigenvalue weighted by molar-refractivity contribution is 9.18. The van der Waals surface area contributed by atoms with E-state index in [9.17, 15) is 8.78 Å². The molecule has 1 aliphatic heterocycles. The standard InChI is InChI=1S/C11H10BrF2NO/c12-10-15-11(7-16-10,9(13)14)6-8-4-2-1-3-5-8/h1-5,9H,6-7H2. The molecule has 0 saturated carbocycles. The summed E-state index contributed by atoms with van der Waals surface area (Å²) in [6, 6.07) is 9.12. The van der Waals surface area contributed by atoms with Crippen molar-refractivity contribution in [2.75, 3.05) is 6.61 Å². The van der Waals surface area contributed by atoms with Crippen LogP contribution in [0, 0.1) is 0 Å². The van der Waals surface area contributed by atoms with Gasteiger partial charge in [-0.1, -0.05) is 30.3 Å². The second-order valence-corrected chi connectivity index (χ2v) is 4.40. The second kappa shape index (κ2) is 4.49. The lowest BCUT2D eigenvalue weighted by atomic mass is 9.93. The third kappa shape index (κ3) is 2.24. The van der Waals surface area contributed by atoms with Gasteiger partial charge in [-0.05, 0) is 5.56 Å². The van der Waals surface area contributed by atoms with E-state index in [1.54, 1.807) is 0 Å². The Balaban J connectivity index is 2.23. The molecule has 0 aromatic heterocycles. The first kappa shape index (κ1) is 11.5. The minimum atomic E-state index is -2.54. The fourth-order valence-electron chi connectivity index (χ4n) is 1.65. The molecule has 0 bridgehead atoms. The lowest BCUT2D eigenvalue weighted by Crippen LogP contribution is -2.39. The second-order valence-electron chi connectivity index (χ2n) is 3.72. The van der Waals surface area contributed by atoms with Crippen LogP contribution in [0.5, 0.6) is 0 Å². The molecule has 2 rings (SSSR count). The Morgan fingerprint density at radius 3 is 2.56 bits per heavy atom. The molecule has 1 aromatic carbocycles. The van der Waals surface area contributed by atoms with Crippen LogP contribution in [0.3, 0.4) is 0 Å². The minimum absolute atomic E-state index is 0.0832. The van der Waals surface area contributed by atoms with Gasteiger partial charge in [-0.15, -0.1) is 0 Å². The lowest BCUT2D eigenvalue weighted by molar-refractivity contribution is 0.0394. The van der Waals surface area contributed by atoms with Gasteiger partial charge in [-0.25, -0.2) is 13.8 Å². The van der Waals surface area contributed by atoms with Gasteiger partial charge in [0.1, 0.15) is 6.61 Å². The van der Waals surface area contributed by atoms with Crippen LogP contribution in [-0.4, -0.2) is 23.4 Å². The number of ether oxygens (including phenoxy) is 1. The maximum atomic E-state index is 13.0. The average molecular weight is 290 g/mol. The zero-order valence-corrected chi connectivity index (χ0v) is 9.95. The van der Waals surface area contributed by atoms with Crippen LogP contribution in [0.1, 0.15) is 5.56 Å². The molecule has 0 amide bonds. The maximum Gasteiger partial charge on any atom is 0.267 e. The highest BCUT2D eigenvalue weighted by Crippen LogP contribution is 2.31. The van der Waals surface area contributed by atoms with Crippen molar-refractivity contribution < 1.29 is 13.5 Å². The molecule has 1 heterocycles. The number of nitrogens with zero attached hydrogens (tertiary/aromatic N) is 1. The van der Waals surface area contributed by atoms with Crippen LogP contribution in [0.25, 0.3) is 0 Å². The lowest BCUT2D eigenvalue weighted by Gasteiger charge is -2.22. The van der Waals surface area contributed by atoms with Crippen LogP contribution in [0.2, 0.25) is 0 Å². The summed E-state index contributed by atoms with van der Waals surface area (Å²) in [5, 5.41) is 0. The predicted molar refractivity (Wildman–Crippen MR) is 61.2 cm³/mol. The summed E-state index contributed by atoms with van der Waals surface area (Å²) in [6.07, 6.45) is -2.36. The first-order chi connectivity index (χ1) is 7.62. The van der Waals surface area contributed by atoms with Crippen molar-refractivity contribution in [2.45, 2.75) is 18.4 Å². The molecule has 1 atom stereocenters. The molecule has 0 aliphatic carbocycles. The predicted octanol–water partition coefficient (Wildman–Crippen LogP) is 3.01. The highest BCUT2D eigenvalue weighted by atomic mass is 79.9. The molecule has 16 heavy (non-hydrogen) atoms. The Bertz CT molecular complexity index is 396. The average Bonchev–Trinajstić information content (AvgIpc) is 2.63. The zero-order chi connectivity index (χ0) is 11.6. The van der Waals surface area contributed by atoms with Crippen molar-refractivity contribution in [2.24, 2.45) is 4.99 Å². The molecule has 0 spiro atoms. The first-order valence-corrected chi connectivity index (χ1v) is 5.62. The quantitative estimate of drug-likeness (QED) is 0.838. The third-order valence-electron chi connectivity index (χ3n) is 2.51. The monoisotopic (exact) mass is 289 g/mol. The molecular formula is C11H10BrF2NO. The summed E-state index contributed by atoms with van der Waals surface area (Å²) in [6.45, 7) is -0.0832. The van der Waals surface area contributed by atoms with Gasteiger partial charge >= 0.3 is 0 Å². The third-order valence-corrected chi connectivity index (χ3v) is 2.92. The minimum Gasteiger partial charge on any atom is -0.470 e. The van der Waals surface area contributed by atoms with Crippen LogP contribution in [0.15, 0.2) is 35.3 Å². The van der Waals surface area contributed by atoms with Gasteiger partial charge in [0.15, 0.2) is 5.54 Å². The number of rotatable bonds is 3. The Morgan fingerprint density at radius 2 is 2.06 bits per heavy atom. The number of hydrogen-bond donors (Lipinski definition) is 0. The zero-order valence-electron chi connectivity index (χ0n) is 8.37. The SMILES string of the molecule is FC(F)C1(Cc2ccccc2)COC(Br)=N1. The van der Waals surface area contributed by atoms with E-state index in [1.807, 2.05) is 30.3 Å². The molecule has 0 fully saturated rings. The van der Waals surface area contributed by atoms with Crippen molar-refractivity contribution in [1.29, 1.82) is 0 Å². The van der Waals surface area contributed by atoms with Crippen molar-refractivity contribution in [3.8, 4) is 0 Å². The highest BCUT2D eigenvalue weighted by Gasteiger charge is 2.45. The molecular weight excluding hydrogens is 280 g/mol. The van der Waals surface area contributed by atoms with Gasteiger partial charge < -0.3 is 4.74 Å². The molecule has 86 valence electrons. The van der Waals surface area contributed by atoms with Crippen LogP contribution >= 0.6 is 15.9 Å². The van der Waals surface area contributed by atoms with E-state index >= 15 is 0 Å². The molecule has 0 N–H and O–H groups in total. The number of aliphatic imine (C=N–C) groups is 1. The van der Waals surface area contributed by atoms with Gasteiger partial charge in [0.05, 0.1) is 0 Å². The molecule has 1 unspecified atom stereocenters. The van der Waals surface area contributed by atoms with Gasteiger partial charge in [-0.2, -0.15) is 0 Å². The smallest absolute Gasteiger partial charge is 0.267 e.